The number of hydrogen-bond acceptors (Lipinski definition) is 6. The lowest BCUT2D eigenvalue weighted by molar-refractivity contribution is 0.388. The number of nitrogens with zero attached hydrogens (tertiary/aromatic N) is 4. The summed E-state index contributed by atoms with van der Waals surface area (Å²) in [5.74, 6) is 0.517. The predicted octanol–water partition coefficient (Wildman–Crippen LogP) is 3.82. The number of thioether (sulfide) groups is 1. The average molecular weight is 423 g/mol. The molecule has 1 aromatic carbocycles. The summed E-state index contributed by atoms with van der Waals surface area (Å²) < 4.78 is 28.0. The molecule has 0 saturated carbocycles. The summed E-state index contributed by atoms with van der Waals surface area (Å²) in [5.41, 5.74) is 7.68. The van der Waals surface area contributed by atoms with Gasteiger partial charge in [-0.15, -0.1) is 0 Å². The van der Waals surface area contributed by atoms with Crippen LogP contribution in [0.1, 0.15) is 5.56 Å². The molecule has 0 aliphatic carbocycles. The Kier molecular flexibility index (Phi) is 4.66. The summed E-state index contributed by atoms with van der Waals surface area (Å²) in [5, 5.41) is 0.526. The number of halogens is 2. The molecular weight excluding hydrogens is 404 g/mol. The van der Waals surface area contributed by atoms with E-state index in [4.69, 9.17) is 10.7 Å². The molecule has 152 valence electrons. The van der Waals surface area contributed by atoms with Crippen molar-refractivity contribution in [3.63, 3.8) is 0 Å². The molecule has 2 aliphatic heterocycles. The molecule has 2 unspecified atom stereocenters. The first-order chi connectivity index (χ1) is 14.5. The number of fused-ring (bicyclic) bond motifs is 1. The van der Waals surface area contributed by atoms with Crippen molar-refractivity contribution < 1.29 is 8.78 Å². The van der Waals surface area contributed by atoms with E-state index in [0.717, 1.165) is 16.9 Å². The summed E-state index contributed by atoms with van der Waals surface area (Å²) in [6.07, 6.45) is 1.43. The molecule has 0 amide bonds. The highest BCUT2D eigenvalue weighted by molar-refractivity contribution is 8.13. The van der Waals surface area contributed by atoms with Crippen LogP contribution in [-0.2, 0) is 5.54 Å². The van der Waals surface area contributed by atoms with Crippen LogP contribution in [0.2, 0.25) is 0 Å². The highest BCUT2D eigenvalue weighted by Crippen LogP contribution is 2.47. The largest absolute Gasteiger partial charge is 0.379 e. The quantitative estimate of drug-likeness (QED) is 0.649. The van der Waals surface area contributed by atoms with Gasteiger partial charge >= 0.3 is 0 Å². The molecule has 0 radical (unpaired) electrons. The molecule has 1 saturated heterocycles. The average Bonchev–Trinajstić information content (AvgIpc) is 3.14. The van der Waals surface area contributed by atoms with E-state index < -0.39 is 17.4 Å². The number of hydrogen-bond donors (Lipinski definition) is 1. The standard InChI is InChI=1S/C22H19F2N5S/c23-18-7-2-8-19(27-18)29-11-16-12-30-21(25)28-22(16,13-29)15-5-1-4-14(10-15)17-6-3-9-26-20(17)24/h1-10,16H,11-13H2,(H2,25,28). The Labute approximate surface area is 177 Å². The molecule has 5 nitrogen and oxygen atoms in total. The number of aromatic nitrogens is 2. The van der Waals surface area contributed by atoms with E-state index in [9.17, 15) is 8.78 Å². The van der Waals surface area contributed by atoms with E-state index in [0.29, 0.717) is 29.6 Å². The number of benzene rings is 1. The number of amidine groups is 1. The molecular formula is C22H19F2N5S. The van der Waals surface area contributed by atoms with Crippen molar-refractivity contribution in [1.29, 1.82) is 0 Å². The number of anilines is 1. The smallest absolute Gasteiger partial charge is 0.220 e. The van der Waals surface area contributed by atoms with Gasteiger partial charge in [-0.1, -0.05) is 36.0 Å². The highest BCUT2D eigenvalue weighted by Gasteiger charge is 2.50. The van der Waals surface area contributed by atoms with Crippen LogP contribution >= 0.6 is 11.8 Å². The Hall–Kier alpha value is -3.00. The van der Waals surface area contributed by atoms with E-state index in [2.05, 4.69) is 9.97 Å². The summed E-state index contributed by atoms with van der Waals surface area (Å²) in [4.78, 5) is 14.7. The van der Waals surface area contributed by atoms with Gasteiger partial charge in [-0.3, -0.25) is 0 Å². The minimum atomic E-state index is -0.599. The Morgan fingerprint density at radius 2 is 1.97 bits per heavy atom. The lowest BCUT2D eigenvalue weighted by atomic mass is 9.81. The fraction of sp³-hybridized carbons (Fsp3) is 0.227. The number of rotatable bonds is 3. The first-order valence-electron chi connectivity index (χ1n) is 9.62. The zero-order chi connectivity index (χ0) is 20.7. The molecule has 2 aromatic heterocycles. The first-order valence-corrected chi connectivity index (χ1v) is 10.6. The van der Waals surface area contributed by atoms with Crippen LogP contribution in [0.3, 0.4) is 0 Å². The third kappa shape index (κ3) is 3.21. The SMILES string of the molecule is NC1=NC2(c3cccc(-c4cccnc4F)c3)CN(c3cccc(F)n3)CC2CS1. The Morgan fingerprint density at radius 3 is 2.80 bits per heavy atom. The molecule has 0 bridgehead atoms. The molecule has 0 spiro atoms. The normalized spacial score (nSPS) is 23.2. The van der Waals surface area contributed by atoms with Crippen LogP contribution in [0.15, 0.2) is 65.8 Å². The van der Waals surface area contributed by atoms with E-state index in [-0.39, 0.29) is 5.92 Å². The summed E-state index contributed by atoms with van der Waals surface area (Å²) in [6, 6.07) is 15.9. The molecule has 2 aliphatic rings. The minimum absolute atomic E-state index is 0.161. The number of nitrogens with two attached hydrogens (primary N) is 1. The molecule has 8 heteroatoms. The lowest BCUT2D eigenvalue weighted by Gasteiger charge is -2.35. The Morgan fingerprint density at radius 1 is 1.10 bits per heavy atom. The predicted molar refractivity (Wildman–Crippen MR) is 115 cm³/mol. The van der Waals surface area contributed by atoms with Crippen LogP contribution in [0.4, 0.5) is 14.6 Å². The van der Waals surface area contributed by atoms with Crippen LogP contribution in [-0.4, -0.2) is 34.0 Å². The summed E-state index contributed by atoms with van der Waals surface area (Å²) >= 11 is 1.53. The third-order valence-electron chi connectivity index (χ3n) is 5.75. The van der Waals surface area contributed by atoms with Gasteiger partial charge in [-0.25, -0.2) is 15.0 Å². The van der Waals surface area contributed by atoms with E-state index in [1.165, 1.54) is 24.0 Å². The van der Waals surface area contributed by atoms with Crippen molar-refractivity contribution in [3.8, 4) is 11.1 Å². The van der Waals surface area contributed by atoms with Crippen LogP contribution < -0.4 is 10.6 Å². The Bertz CT molecular complexity index is 1140. The first kappa shape index (κ1) is 19.0. The minimum Gasteiger partial charge on any atom is -0.379 e. The fourth-order valence-electron chi connectivity index (χ4n) is 4.33. The van der Waals surface area contributed by atoms with Gasteiger partial charge in [-0.05, 0) is 41.5 Å². The summed E-state index contributed by atoms with van der Waals surface area (Å²) in [6.45, 7) is 1.21. The van der Waals surface area contributed by atoms with Crippen molar-refractivity contribution in [2.45, 2.75) is 5.54 Å². The lowest BCUT2D eigenvalue weighted by Crippen LogP contribution is -2.40. The van der Waals surface area contributed by atoms with E-state index >= 15 is 0 Å². The zero-order valence-electron chi connectivity index (χ0n) is 16.0. The van der Waals surface area contributed by atoms with E-state index in [1.54, 1.807) is 24.3 Å². The van der Waals surface area contributed by atoms with Gasteiger partial charge in [0.05, 0.1) is 0 Å². The van der Waals surface area contributed by atoms with Crippen LogP contribution in [0, 0.1) is 17.8 Å². The van der Waals surface area contributed by atoms with Crippen LogP contribution in [0.25, 0.3) is 11.1 Å². The van der Waals surface area contributed by atoms with E-state index in [1.807, 2.05) is 29.2 Å². The van der Waals surface area contributed by atoms with Gasteiger partial charge in [0.15, 0.2) is 5.17 Å². The molecule has 2 atom stereocenters. The Balaban J connectivity index is 1.59. The second-order valence-corrected chi connectivity index (χ2v) is 8.54. The van der Waals surface area contributed by atoms with Crippen molar-refractivity contribution in [3.05, 3.63) is 78.3 Å². The zero-order valence-corrected chi connectivity index (χ0v) is 16.8. The fourth-order valence-corrected chi connectivity index (χ4v) is 5.31. The molecule has 4 heterocycles. The van der Waals surface area contributed by atoms with Gasteiger partial charge in [0.1, 0.15) is 11.4 Å². The second-order valence-electron chi connectivity index (χ2n) is 7.50. The number of pyridine rings is 2. The van der Waals surface area contributed by atoms with Gasteiger partial charge < -0.3 is 10.6 Å². The second kappa shape index (κ2) is 7.36. The van der Waals surface area contributed by atoms with Crippen molar-refractivity contribution in [2.75, 3.05) is 23.7 Å². The van der Waals surface area contributed by atoms with Gasteiger partial charge in [-0.2, -0.15) is 8.78 Å². The maximum atomic E-state index is 14.3. The monoisotopic (exact) mass is 423 g/mol. The molecule has 2 N–H and O–H groups in total. The topological polar surface area (TPSA) is 67.4 Å². The molecule has 1 fully saturated rings. The summed E-state index contributed by atoms with van der Waals surface area (Å²) in [7, 11) is 0. The van der Waals surface area contributed by atoms with Crippen molar-refractivity contribution in [1.82, 2.24) is 9.97 Å². The van der Waals surface area contributed by atoms with Crippen LogP contribution in [0.5, 0.6) is 0 Å². The van der Waals surface area contributed by atoms with Gasteiger partial charge in [0.2, 0.25) is 11.9 Å². The van der Waals surface area contributed by atoms with Gasteiger partial charge in [0.25, 0.3) is 0 Å². The van der Waals surface area contributed by atoms with Crippen molar-refractivity contribution >= 4 is 22.7 Å². The highest BCUT2D eigenvalue weighted by atomic mass is 32.2. The number of aliphatic imine (C=N–C) groups is 1. The third-order valence-corrected chi connectivity index (χ3v) is 6.70. The maximum Gasteiger partial charge on any atom is 0.220 e. The van der Waals surface area contributed by atoms with Crippen molar-refractivity contribution in [2.24, 2.45) is 16.6 Å². The molecule has 5 rings (SSSR count). The van der Waals surface area contributed by atoms with Gasteiger partial charge in [0, 0.05) is 36.5 Å². The maximum absolute atomic E-state index is 14.3. The molecule has 30 heavy (non-hydrogen) atoms. The molecule has 3 aromatic rings.